The summed E-state index contributed by atoms with van der Waals surface area (Å²) in [5.74, 6) is 0.957. The van der Waals surface area contributed by atoms with Crippen molar-refractivity contribution in [2.24, 2.45) is 0 Å². The number of anilines is 2. The van der Waals surface area contributed by atoms with Crippen molar-refractivity contribution < 1.29 is 4.74 Å². The van der Waals surface area contributed by atoms with Gasteiger partial charge in [-0.25, -0.2) is 4.98 Å². The van der Waals surface area contributed by atoms with E-state index >= 15 is 0 Å². The van der Waals surface area contributed by atoms with Crippen LogP contribution in [0.2, 0.25) is 0 Å². The summed E-state index contributed by atoms with van der Waals surface area (Å²) in [4.78, 5) is 11.5. The molecule has 3 aliphatic heterocycles. The first kappa shape index (κ1) is 15.1. The molecule has 1 aromatic rings. The maximum Gasteiger partial charge on any atom is 0.188 e. The van der Waals surface area contributed by atoms with E-state index in [-0.39, 0.29) is 0 Å². The summed E-state index contributed by atoms with van der Waals surface area (Å²) in [6, 6.07) is 0.964. The second-order valence-corrected chi connectivity index (χ2v) is 7.97. The van der Waals surface area contributed by atoms with E-state index in [4.69, 9.17) is 21.3 Å². The molecule has 2 bridgehead atoms. The topological polar surface area (TPSA) is 31.8 Å². The highest BCUT2D eigenvalue weighted by molar-refractivity contribution is 9.11. The smallest absolute Gasteiger partial charge is 0.188 e. The highest BCUT2D eigenvalue weighted by atomic mass is 79.9. The quantitative estimate of drug-likeness (QED) is 0.704. The Labute approximate surface area is 147 Å². The van der Waals surface area contributed by atoms with Gasteiger partial charge in [-0.05, 0) is 35.2 Å². The molecule has 1 aromatic heterocycles. The zero-order chi connectivity index (χ0) is 15.3. The molecule has 5 nitrogen and oxygen atoms in total. The van der Waals surface area contributed by atoms with Crippen molar-refractivity contribution in [2.75, 3.05) is 36.7 Å². The minimum Gasteiger partial charge on any atom is -0.377 e. The first-order valence-electron chi connectivity index (χ1n) is 7.50. The van der Waals surface area contributed by atoms with Gasteiger partial charge in [0.1, 0.15) is 15.6 Å². The Bertz CT molecular complexity index is 587. The summed E-state index contributed by atoms with van der Waals surface area (Å²) >= 11 is 11.5. The van der Waals surface area contributed by atoms with Gasteiger partial charge >= 0.3 is 0 Å². The van der Waals surface area contributed by atoms with Crippen molar-refractivity contribution in [1.29, 1.82) is 0 Å². The second kappa shape index (κ2) is 5.85. The monoisotopic (exact) mass is 404 g/mol. The molecule has 2 saturated heterocycles. The maximum atomic E-state index is 6.26. The van der Waals surface area contributed by atoms with Crippen LogP contribution in [0.4, 0.5) is 10.9 Å². The molecule has 8 heteroatoms. The molecule has 0 unspecified atom stereocenters. The van der Waals surface area contributed by atoms with Gasteiger partial charge in [0.2, 0.25) is 0 Å². The van der Waals surface area contributed by atoms with Gasteiger partial charge in [-0.15, -0.1) is 11.3 Å². The normalized spacial score (nSPS) is 28.8. The minimum atomic E-state index is 0.482. The van der Waals surface area contributed by atoms with Crippen LogP contribution in [-0.4, -0.2) is 48.9 Å². The van der Waals surface area contributed by atoms with Gasteiger partial charge in [0.05, 0.1) is 32.0 Å². The van der Waals surface area contributed by atoms with E-state index in [2.05, 4.69) is 31.1 Å². The number of halogens is 2. The van der Waals surface area contributed by atoms with E-state index in [0.717, 1.165) is 40.6 Å². The van der Waals surface area contributed by atoms with Crippen LogP contribution in [0.5, 0.6) is 0 Å². The number of piperidine rings is 1. The molecular formula is C14H18BrClN4OS. The lowest BCUT2D eigenvalue weighted by atomic mass is 9.95. The third-order valence-corrected chi connectivity index (χ3v) is 6.90. The zero-order valence-electron chi connectivity index (χ0n) is 12.3. The number of rotatable bonds is 2. The molecule has 0 saturated carbocycles. The molecule has 3 aliphatic rings. The zero-order valence-corrected chi connectivity index (χ0v) is 15.5. The standard InChI is InChI=1S/C14H18BrClN4OS/c1-18-8-19(12(15)13(18)16)11-7-22-14(17-11)20-9-3-2-4-10(20)6-21-5-9/h7,9-10H,2-6,8H2,1H3/t9-,10+. The molecule has 0 aliphatic carbocycles. The first-order valence-corrected chi connectivity index (χ1v) is 9.56. The number of nitrogens with zero attached hydrogens (tertiary/aromatic N) is 4. The Morgan fingerprint density at radius 1 is 1.36 bits per heavy atom. The van der Waals surface area contributed by atoms with Crippen LogP contribution >= 0.6 is 38.9 Å². The molecule has 120 valence electrons. The number of fused-ring (bicyclic) bond motifs is 2. The summed E-state index contributed by atoms with van der Waals surface area (Å²) in [5.41, 5.74) is 0. The molecule has 0 spiro atoms. The molecule has 2 atom stereocenters. The lowest BCUT2D eigenvalue weighted by molar-refractivity contribution is 0.0463. The third kappa shape index (κ3) is 2.42. The number of hydrogen-bond acceptors (Lipinski definition) is 6. The molecule has 0 amide bonds. The van der Waals surface area contributed by atoms with Crippen LogP contribution in [0.1, 0.15) is 19.3 Å². The fourth-order valence-electron chi connectivity index (χ4n) is 3.42. The predicted molar refractivity (Wildman–Crippen MR) is 93.8 cm³/mol. The highest BCUT2D eigenvalue weighted by Crippen LogP contribution is 2.39. The van der Waals surface area contributed by atoms with Crippen molar-refractivity contribution in [3.63, 3.8) is 0 Å². The van der Waals surface area contributed by atoms with Crippen molar-refractivity contribution in [2.45, 2.75) is 31.3 Å². The van der Waals surface area contributed by atoms with Crippen molar-refractivity contribution in [3.8, 4) is 0 Å². The second-order valence-electron chi connectivity index (χ2n) is 6.02. The number of thiazole rings is 1. The lowest BCUT2D eigenvalue weighted by Gasteiger charge is -2.45. The van der Waals surface area contributed by atoms with E-state index in [0.29, 0.717) is 12.1 Å². The van der Waals surface area contributed by atoms with E-state index in [1.807, 2.05) is 11.9 Å². The predicted octanol–water partition coefficient (Wildman–Crippen LogP) is 3.37. The van der Waals surface area contributed by atoms with Crippen molar-refractivity contribution in [1.82, 2.24) is 9.88 Å². The lowest BCUT2D eigenvalue weighted by Crippen LogP contribution is -2.55. The average molecular weight is 406 g/mol. The molecule has 4 heterocycles. The van der Waals surface area contributed by atoms with E-state index in [1.54, 1.807) is 11.3 Å². The van der Waals surface area contributed by atoms with Crippen LogP contribution in [-0.2, 0) is 4.74 Å². The third-order valence-electron chi connectivity index (χ3n) is 4.56. The van der Waals surface area contributed by atoms with Crippen LogP contribution in [0.15, 0.2) is 15.1 Å². The van der Waals surface area contributed by atoms with Crippen LogP contribution in [0.3, 0.4) is 0 Å². The molecule has 4 rings (SSSR count). The van der Waals surface area contributed by atoms with Gasteiger partial charge in [-0.3, -0.25) is 4.90 Å². The Morgan fingerprint density at radius 3 is 2.73 bits per heavy atom. The Balaban J connectivity index is 1.60. The van der Waals surface area contributed by atoms with E-state index < -0.39 is 0 Å². The van der Waals surface area contributed by atoms with Crippen LogP contribution < -0.4 is 9.80 Å². The summed E-state index contributed by atoms with van der Waals surface area (Å²) in [5, 5.41) is 3.95. The van der Waals surface area contributed by atoms with Crippen molar-refractivity contribution in [3.05, 3.63) is 15.1 Å². The number of ether oxygens (including phenoxy) is 1. The summed E-state index contributed by atoms with van der Waals surface area (Å²) in [7, 11) is 1.98. The summed E-state index contributed by atoms with van der Waals surface area (Å²) < 4.78 is 6.61. The number of morpholine rings is 1. The Hall–Kier alpha value is -0.500. The van der Waals surface area contributed by atoms with Crippen molar-refractivity contribution >= 4 is 49.8 Å². The fourth-order valence-corrected chi connectivity index (χ4v) is 5.13. The number of hydrogen-bond donors (Lipinski definition) is 0. The molecule has 22 heavy (non-hydrogen) atoms. The SMILES string of the molecule is CN1CN(c2csc(N3[C@@H]4CCC[C@H]3COC4)n2)C(Br)=C1Cl. The van der Waals surface area contributed by atoms with Gasteiger partial charge in [0.25, 0.3) is 0 Å². The minimum absolute atomic E-state index is 0.482. The fraction of sp³-hybridized carbons (Fsp3) is 0.643. The molecule has 2 fully saturated rings. The van der Waals surface area contributed by atoms with E-state index in [9.17, 15) is 0 Å². The first-order chi connectivity index (χ1) is 10.6. The molecular weight excluding hydrogens is 388 g/mol. The summed E-state index contributed by atoms with van der Waals surface area (Å²) in [6.45, 7) is 2.37. The van der Waals surface area contributed by atoms with Crippen LogP contribution in [0, 0.1) is 0 Å². The number of aromatic nitrogens is 1. The largest absolute Gasteiger partial charge is 0.377 e. The maximum absolute atomic E-state index is 6.26. The van der Waals surface area contributed by atoms with Gasteiger partial charge in [-0.2, -0.15) is 0 Å². The molecule has 0 radical (unpaired) electrons. The highest BCUT2D eigenvalue weighted by Gasteiger charge is 2.37. The van der Waals surface area contributed by atoms with Gasteiger partial charge in [-0.1, -0.05) is 11.6 Å². The summed E-state index contributed by atoms with van der Waals surface area (Å²) in [6.07, 6.45) is 3.70. The Kier molecular flexibility index (Phi) is 4.00. The van der Waals surface area contributed by atoms with Crippen LogP contribution in [0.25, 0.3) is 0 Å². The van der Waals surface area contributed by atoms with Gasteiger partial charge in [0, 0.05) is 12.4 Å². The molecule has 0 N–H and O–H groups in total. The average Bonchev–Trinajstić information content (AvgIpc) is 3.07. The molecule has 0 aromatic carbocycles. The van der Waals surface area contributed by atoms with E-state index in [1.165, 1.54) is 19.3 Å². The van der Waals surface area contributed by atoms with Gasteiger partial charge < -0.3 is 14.5 Å². The van der Waals surface area contributed by atoms with Gasteiger partial charge in [0.15, 0.2) is 5.13 Å². The Morgan fingerprint density at radius 2 is 2.09 bits per heavy atom.